The average molecular weight is 381 g/mol. The molecule has 0 fully saturated rings. The van der Waals surface area contributed by atoms with Gasteiger partial charge in [-0.15, -0.1) is 23.7 Å². The zero-order chi connectivity index (χ0) is 15.6. The largest absolute Gasteiger partial charge is 0.336 e. The lowest BCUT2D eigenvalue weighted by molar-refractivity contribution is 0.0743. The number of aromatic nitrogens is 1. The van der Waals surface area contributed by atoms with Crippen molar-refractivity contribution in [2.45, 2.75) is 13.0 Å². The lowest BCUT2D eigenvalue weighted by atomic mass is 10.2. The molecule has 1 aromatic carbocycles. The number of nitrogens with zero attached hydrogens (tertiary/aromatic N) is 2. The maximum absolute atomic E-state index is 12.3. The second kappa shape index (κ2) is 8.13. The van der Waals surface area contributed by atoms with Gasteiger partial charge in [-0.05, 0) is 19.1 Å². The zero-order valence-electron chi connectivity index (χ0n) is 12.0. The summed E-state index contributed by atoms with van der Waals surface area (Å²) in [5, 5.41) is 3.42. The van der Waals surface area contributed by atoms with Crippen LogP contribution < -0.4 is 5.73 Å². The van der Waals surface area contributed by atoms with E-state index in [1.807, 2.05) is 13.0 Å². The molecule has 8 heteroatoms. The molecule has 1 unspecified atom stereocenters. The molecule has 1 heterocycles. The van der Waals surface area contributed by atoms with Crippen LogP contribution in [0.2, 0.25) is 10.0 Å². The van der Waals surface area contributed by atoms with Crippen LogP contribution in [-0.2, 0) is 0 Å². The van der Waals surface area contributed by atoms with Crippen LogP contribution in [0.25, 0.3) is 10.6 Å². The summed E-state index contributed by atoms with van der Waals surface area (Å²) in [5.74, 6) is -0.143. The minimum absolute atomic E-state index is 0. The second-order valence-electron chi connectivity index (χ2n) is 4.67. The van der Waals surface area contributed by atoms with Gasteiger partial charge < -0.3 is 10.6 Å². The first-order valence-corrected chi connectivity index (χ1v) is 7.95. The molecule has 0 aliphatic carbocycles. The van der Waals surface area contributed by atoms with E-state index >= 15 is 0 Å². The molecule has 1 amide bonds. The number of amides is 1. The van der Waals surface area contributed by atoms with Gasteiger partial charge in [0.1, 0.15) is 10.7 Å². The van der Waals surface area contributed by atoms with Gasteiger partial charge in [-0.1, -0.05) is 29.3 Å². The number of hydrogen-bond donors (Lipinski definition) is 1. The summed E-state index contributed by atoms with van der Waals surface area (Å²) in [4.78, 5) is 18.2. The number of thiazole rings is 1. The Hall–Kier alpha value is -0.850. The Labute approximate surface area is 149 Å². The van der Waals surface area contributed by atoms with Crippen LogP contribution in [-0.4, -0.2) is 35.4 Å². The molecule has 0 bridgehead atoms. The van der Waals surface area contributed by atoms with Crippen molar-refractivity contribution < 1.29 is 4.79 Å². The Morgan fingerprint density at radius 2 is 2.09 bits per heavy atom. The summed E-state index contributed by atoms with van der Waals surface area (Å²) in [5.41, 5.74) is 6.82. The highest BCUT2D eigenvalue weighted by molar-refractivity contribution is 7.13. The van der Waals surface area contributed by atoms with E-state index < -0.39 is 0 Å². The average Bonchev–Trinajstić information content (AvgIpc) is 2.97. The highest BCUT2D eigenvalue weighted by Crippen LogP contribution is 2.30. The molecule has 0 saturated heterocycles. The lowest BCUT2D eigenvalue weighted by Gasteiger charge is -2.22. The van der Waals surface area contributed by atoms with Crippen molar-refractivity contribution in [3.8, 4) is 10.6 Å². The molecule has 0 aliphatic rings. The van der Waals surface area contributed by atoms with Gasteiger partial charge in [-0.2, -0.15) is 0 Å². The normalized spacial score (nSPS) is 11.7. The van der Waals surface area contributed by atoms with Crippen LogP contribution in [0.3, 0.4) is 0 Å². The van der Waals surface area contributed by atoms with Gasteiger partial charge in [-0.3, -0.25) is 4.79 Å². The van der Waals surface area contributed by atoms with E-state index in [2.05, 4.69) is 4.98 Å². The molecule has 22 heavy (non-hydrogen) atoms. The molecule has 120 valence electrons. The van der Waals surface area contributed by atoms with Crippen molar-refractivity contribution in [1.29, 1.82) is 0 Å². The van der Waals surface area contributed by atoms with Crippen LogP contribution in [0.5, 0.6) is 0 Å². The SMILES string of the molecule is CC(CN)N(C)C(=O)c1csc(-c2ccc(Cl)c(Cl)c2)n1.Cl. The van der Waals surface area contributed by atoms with Gasteiger partial charge in [0.05, 0.1) is 10.0 Å². The van der Waals surface area contributed by atoms with Gasteiger partial charge in [0.2, 0.25) is 0 Å². The molecule has 1 atom stereocenters. The second-order valence-corrected chi connectivity index (χ2v) is 6.34. The van der Waals surface area contributed by atoms with Gasteiger partial charge in [0.25, 0.3) is 5.91 Å². The summed E-state index contributed by atoms with van der Waals surface area (Å²) in [6, 6.07) is 5.24. The fraction of sp³-hybridized carbons (Fsp3) is 0.286. The third-order valence-corrected chi connectivity index (χ3v) is 4.84. The van der Waals surface area contributed by atoms with E-state index in [-0.39, 0.29) is 24.4 Å². The first kappa shape index (κ1) is 19.2. The third-order valence-electron chi connectivity index (χ3n) is 3.21. The number of benzene rings is 1. The number of hydrogen-bond acceptors (Lipinski definition) is 4. The van der Waals surface area contributed by atoms with E-state index in [1.165, 1.54) is 11.3 Å². The summed E-state index contributed by atoms with van der Waals surface area (Å²) >= 11 is 13.3. The van der Waals surface area contributed by atoms with E-state index in [1.54, 1.807) is 29.5 Å². The fourth-order valence-electron chi connectivity index (χ4n) is 1.67. The molecular weight excluding hydrogens is 365 g/mol. The van der Waals surface area contributed by atoms with E-state index in [9.17, 15) is 4.79 Å². The monoisotopic (exact) mass is 379 g/mol. The fourth-order valence-corrected chi connectivity index (χ4v) is 2.76. The van der Waals surface area contributed by atoms with Gasteiger partial charge in [0, 0.05) is 30.6 Å². The summed E-state index contributed by atoms with van der Waals surface area (Å²) in [7, 11) is 1.72. The van der Waals surface area contributed by atoms with Crippen LogP contribution >= 0.6 is 46.9 Å². The number of carbonyl (C=O) groups is 1. The van der Waals surface area contributed by atoms with E-state index in [4.69, 9.17) is 28.9 Å². The Morgan fingerprint density at radius 1 is 1.41 bits per heavy atom. The maximum Gasteiger partial charge on any atom is 0.273 e. The number of likely N-dealkylation sites (N-methyl/N-ethyl adjacent to an activating group) is 1. The molecule has 0 radical (unpaired) electrons. The molecule has 2 aromatic rings. The van der Waals surface area contributed by atoms with Gasteiger partial charge in [-0.25, -0.2) is 4.98 Å². The van der Waals surface area contributed by atoms with Gasteiger partial charge in [0.15, 0.2) is 0 Å². The molecule has 1 aromatic heterocycles. The topological polar surface area (TPSA) is 59.2 Å². The minimum atomic E-state index is -0.143. The Bertz CT molecular complexity index is 663. The van der Waals surface area contributed by atoms with E-state index in [0.717, 1.165) is 10.6 Å². The number of halogens is 3. The lowest BCUT2D eigenvalue weighted by Crippen LogP contribution is -2.39. The first-order valence-electron chi connectivity index (χ1n) is 6.32. The zero-order valence-corrected chi connectivity index (χ0v) is 15.2. The van der Waals surface area contributed by atoms with Crippen molar-refractivity contribution in [3.63, 3.8) is 0 Å². The van der Waals surface area contributed by atoms with Crippen LogP contribution in [0, 0.1) is 0 Å². The molecule has 2 N–H and O–H groups in total. The summed E-state index contributed by atoms with van der Waals surface area (Å²) in [6.45, 7) is 2.30. The van der Waals surface area contributed by atoms with E-state index in [0.29, 0.717) is 22.3 Å². The van der Waals surface area contributed by atoms with Crippen molar-refractivity contribution in [3.05, 3.63) is 39.3 Å². The van der Waals surface area contributed by atoms with Gasteiger partial charge >= 0.3 is 0 Å². The molecule has 0 spiro atoms. The Morgan fingerprint density at radius 3 is 2.68 bits per heavy atom. The summed E-state index contributed by atoms with van der Waals surface area (Å²) in [6.07, 6.45) is 0. The quantitative estimate of drug-likeness (QED) is 0.873. The highest BCUT2D eigenvalue weighted by atomic mass is 35.5. The van der Waals surface area contributed by atoms with Crippen molar-refractivity contribution >= 4 is 52.9 Å². The highest BCUT2D eigenvalue weighted by Gasteiger charge is 2.19. The molecule has 0 aliphatic heterocycles. The standard InChI is InChI=1S/C14H15Cl2N3OS.ClH/c1-8(6-17)19(2)14(20)12-7-21-13(18-12)9-3-4-10(15)11(16)5-9;/h3-5,7-8H,6,17H2,1-2H3;1H. The smallest absolute Gasteiger partial charge is 0.273 e. The number of carbonyl (C=O) groups excluding carboxylic acids is 1. The summed E-state index contributed by atoms with van der Waals surface area (Å²) < 4.78 is 0. The molecule has 0 saturated carbocycles. The van der Waals surface area contributed by atoms with Crippen LogP contribution in [0.15, 0.2) is 23.6 Å². The van der Waals surface area contributed by atoms with Crippen molar-refractivity contribution in [2.24, 2.45) is 5.73 Å². The van der Waals surface area contributed by atoms with Crippen LogP contribution in [0.1, 0.15) is 17.4 Å². The number of nitrogens with two attached hydrogens (primary N) is 1. The van der Waals surface area contributed by atoms with Crippen molar-refractivity contribution in [1.82, 2.24) is 9.88 Å². The molecular formula is C14H16Cl3N3OS. The predicted molar refractivity (Wildman–Crippen MR) is 95.4 cm³/mol. The first-order chi connectivity index (χ1) is 9.93. The predicted octanol–water partition coefficient (Wildman–Crippen LogP) is 3.96. The Kier molecular flexibility index (Phi) is 7.09. The number of rotatable bonds is 4. The Balaban J connectivity index is 0.00000242. The molecule has 2 rings (SSSR count). The maximum atomic E-state index is 12.3. The third kappa shape index (κ3) is 4.12. The van der Waals surface area contributed by atoms with Crippen molar-refractivity contribution in [2.75, 3.05) is 13.6 Å². The minimum Gasteiger partial charge on any atom is -0.336 e. The molecule has 4 nitrogen and oxygen atoms in total. The van der Waals surface area contributed by atoms with Crippen LogP contribution in [0.4, 0.5) is 0 Å².